The SMILES string of the molecule is CCn1cnc2c1c(=O)n(CCCCC(C)=O)c(=O)n2C.CO. The molecule has 23 heavy (non-hydrogen) atoms. The molecule has 0 saturated heterocycles. The fraction of sp³-hybridized carbons (Fsp3) is 0.600. The number of nitrogens with zero attached hydrogens (tertiary/aromatic N) is 4. The van der Waals surface area contributed by atoms with Crippen molar-refractivity contribution in [3.05, 3.63) is 27.2 Å². The van der Waals surface area contributed by atoms with Crippen LogP contribution in [0.4, 0.5) is 0 Å². The number of Topliss-reactive ketones (excluding diaryl/α,β-unsaturated/α-hetero) is 1. The Labute approximate surface area is 134 Å². The molecule has 0 fully saturated rings. The van der Waals surface area contributed by atoms with Crippen molar-refractivity contribution in [2.24, 2.45) is 7.05 Å². The molecule has 128 valence electrons. The molecule has 0 aromatic carbocycles. The highest BCUT2D eigenvalue weighted by Gasteiger charge is 2.15. The maximum atomic E-state index is 12.5. The molecule has 2 aromatic heterocycles. The molecule has 0 saturated carbocycles. The average molecular weight is 324 g/mol. The van der Waals surface area contributed by atoms with Gasteiger partial charge >= 0.3 is 5.69 Å². The molecule has 0 aliphatic heterocycles. The van der Waals surface area contributed by atoms with Crippen LogP contribution in [0.3, 0.4) is 0 Å². The lowest BCUT2D eigenvalue weighted by Crippen LogP contribution is -2.39. The molecule has 0 aliphatic rings. The number of aliphatic hydroxyl groups is 1. The highest BCUT2D eigenvalue weighted by molar-refractivity contribution is 5.75. The zero-order chi connectivity index (χ0) is 17.6. The van der Waals surface area contributed by atoms with E-state index in [9.17, 15) is 14.4 Å². The van der Waals surface area contributed by atoms with E-state index in [1.165, 1.54) is 16.1 Å². The number of unbranched alkanes of at least 4 members (excludes halogenated alkanes) is 1. The number of hydrogen-bond acceptors (Lipinski definition) is 5. The molecule has 2 heterocycles. The quantitative estimate of drug-likeness (QED) is 0.770. The van der Waals surface area contributed by atoms with Gasteiger partial charge in [0.1, 0.15) is 5.78 Å². The lowest BCUT2D eigenvalue weighted by Gasteiger charge is -2.08. The van der Waals surface area contributed by atoms with Gasteiger partial charge in [-0.25, -0.2) is 9.78 Å². The van der Waals surface area contributed by atoms with Crippen LogP contribution >= 0.6 is 0 Å². The monoisotopic (exact) mass is 324 g/mol. The minimum atomic E-state index is -0.364. The van der Waals surface area contributed by atoms with Crippen molar-refractivity contribution in [1.82, 2.24) is 18.7 Å². The third-order valence-corrected chi connectivity index (χ3v) is 3.60. The van der Waals surface area contributed by atoms with Gasteiger partial charge in [-0.15, -0.1) is 0 Å². The first-order valence-electron chi connectivity index (χ1n) is 7.56. The normalized spacial score (nSPS) is 10.5. The maximum Gasteiger partial charge on any atom is 0.332 e. The number of aliphatic hydroxyl groups excluding tert-OH is 1. The highest BCUT2D eigenvalue weighted by atomic mass is 16.2. The Bertz CT molecular complexity index is 785. The summed E-state index contributed by atoms with van der Waals surface area (Å²) in [5.41, 5.74) is 0.185. The molecule has 0 amide bonds. The van der Waals surface area contributed by atoms with Gasteiger partial charge in [-0.1, -0.05) is 0 Å². The van der Waals surface area contributed by atoms with E-state index in [1.807, 2.05) is 6.92 Å². The van der Waals surface area contributed by atoms with Crippen LogP contribution in [-0.2, 0) is 24.9 Å². The summed E-state index contributed by atoms with van der Waals surface area (Å²) in [6, 6.07) is 0. The van der Waals surface area contributed by atoms with Crippen molar-refractivity contribution in [2.75, 3.05) is 7.11 Å². The summed E-state index contributed by atoms with van der Waals surface area (Å²) >= 11 is 0. The number of aryl methyl sites for hydroxylation is 2. The number of carbonyl (C=O) groups excluding carboxylic acids is 1. The van der Waals surface area contributed by atoms with Gasteiger partial charge in [-0.2, -0.15) is 0 Å². The predicted octanol–water partition coefficient (Wildman–Crippen LogP) is 0.284. The van der Waals surface area contributed by atoms with Gasteiger partial charge in [0.15, 0.2) is 11.2 Å². The van der Waals surface area contributed by atoms with Crippen LogP contribution in [0.5, 0.6) is 0 Å². The third kappa shape index (κ3) is 3.95. The second-order valence-electron chi connectivity index (χ2n) is 5.16. The molecular weight excluding hydrogens is 300 g/mol. The summed E-state index contributed by atoms with van der Waals surface area (Å²) in [6.07, 6.45) is 3.35. The highest BCUT2D eigenvalue weighted by Crippen LogP contribution is 2.05. The molecular formula is C15H24N4O4. The molecule has 0 aliphatic carbocycles. The molecule has 2 rings (SSSR count). The van der Waals surface area contributed by atoms with Crippen LogP contribution < -0.4 is 11.2 Å². The van der Waals surface area contributed by atoms with Crippen LogP contribution in [-0.4, -0.2) is 36.7 Å². The van der Waals surface area contributed by atoms with Gasteiger partial charge in [-0.3, -0.25) is 13.9 Å². The van der Waals surface area contributed by atoms with E-state index in [4.69, 9.17) is 5.11 Å². The lowest BCUT2D eigenvalue weighted by atomic mass is 10.2. The first-order chi connectivity index (χ1) is 11.0. The number of fused-ring (bicyclic) bond motifs is 1. The Morgan fingerprint density at radius 2 is 1.91 bits per heavy atom. The smallest absolute Gasteiger partial charge is 0.332 e. The Balaban J connectivity index is 0.00000127. The van der Waals surface area contributed by atoms with Crippen LogP contribution in [0, 0.1) is 0 Å². The summed E-state index contributed by atoms with van der Waals surface area (Å²) in [6.45, 7) is 4.40. The van der Waals surface area contributed by atoms with Crippen molar-refractivity contribution in [3.8, 4) is 0 Å². The van der Waals surface area contributed by atoms with Crippen molar-refractivity contribution in [3.63, 3.8) is 0 Å². The number of carbonyl (C=O) groups is 1. The first kappa shape index (κ1) is 18.8. The molecule has 0 bridgehead atoms. The zero-order valence-electron chi connectivity index (χ0n) is 14.1. The second-order valence-corrected chi connectivity index (χ2v) is 5.16. The third-order valence-electron chi connectivity index (χ3n) is 3.60. The van der Waals surface area contributed by atoms with Gasteiger partial charge in [0, 0.05) is 33.7 Å². The lowest BCUT2D eigenvalue weighted by molar-refractivity contribution is -0.117. The Morgan fingerprint density at radius 3 is 2.48 bits per heavy atom. The van der Waals surface area contributed by atoms with Crippen molar-refractivity contribution in [2.45, 2.75) is 46.2 Å². The number of hydrogen-bond donors (Lipinski definition) is 1. The van der Waals surface area contributed by atoms with Gasteiger partial charge in [0.25, 0.3) is 5.56 Å². The van der Waals surface area contributed by atoms with Crippen molar-refractivity contribution in [1.29, 1.82) is 0 Å². The molecule has 2 aromatic rings. The first-order valence-corrected chi connectivity index (χ1v) is 7.56. The average Bonchev–Trinajstić information content (AvgIpc) is 2.98. The molecule has 0 atom stereocenters. The van der Waals surface area contributed by atoms with E-state index in [1.54, 1.807) is 17.9 Å². The predicted molar refractivity (Wildman–Crippen MR) is 87.6 cm³/mol. The molecule has 8 heteroatoms. The number of aromatic nitrogens is 4. The molecule has 0 spiro atoms. The van der Waals surface area contributed by atoms with E-state index >= 15 is 0 Å². The van der Waals surface area contributed by atoms with E-state index in [0.29, 0.717) is 43.5 Å². The summed E-state index contributed by atoms with van der Waals surface area (Å²) in [5, 5.41) is 7.00. The van der Waals surface area contributed by atoms with E-state index in [0.717, 1.165) is 7.11 Å². The second kappa shape index (κ2) is 8.42. The summed E-state index contributed by atoms with van der Waals surface area (Å²) in [4.78, 5) is 39.8. The summed E-state index contributed by atoms with van der Waals surface area (Å²) in [5.74, 6) is 0.120. The van der Waals surface area contributed by atoms with Gasteiger partial charge in [-0.05, 0) is 26.7 Å². The standard InChI is InChI=1S/C14H20N4O3.CH4O/c1-4-17-9-15-12-11(17)13(20)18(14(21)16(12)3)8-6-5-7-10(2)19;1-2/h9H,4-8H2,1-3H3;2H,1H3. The molecule has 0 radical (unpaired) electrons. The molecule has 1 N–H and O–H groups in total. The van der Waals surface area contributed by atoms with Gasteiger partial charge in [0.2, 0.25) is 0 Å². The van der Waals surface area contributed by atoms with E-state index < -0.39 is 0 Å². The Kier molecular flexibility index (Phi) is 6.89. The van der Waals surface area contributed by atoms with Gasteiger partial charge in [0.05, 0.1) is 6.33 Å². The maximum absolute atomic E-state index is 12.5. The topological polar surface area (TPSA) is 99.1 Å². The van der Waals surface area contributed by atoms with Crippen LogP contribution in [0.2, 0.25) is 0 Å². The fourth-order valence-corrected chi connectivity index (χ4v) is 2.40. The van der Waals surface area contributed by atoms with E-state index in [-0.39, 0.29) is 17.0 Å². The van der Waals surface area contributed by atoms with E-state index in [2.05, 4.69) is 4.98 Å². The van der Waals surface area contributed by atoms with Crippen LogP contribution in [0.15, 0.2) is 15.9 Å². The molecule has 0 unspecified atom stereocenters. The number of ketones is 1. The Morgan fingerprint density at radius 1 is 1.26 bits per heavy atom. The molecule has 8 nitrogen and oxygen atoms in total. The number of imidazole rings is 1. The van der Waals surface area contributed by atoms with Crippen LogP contribution in [0.25, 0.3) is 11.2 Å². The fourth-order valence-electron chi connectivity index (χ4n) is 2.40. The van der Waals surface area contributed by atoms with Gasteiger partial charge < -0.3 is 14.5 Å². The Hall–Kier alpha value is -2.22. The minimum absolute atomic E-state index is 0.120. The largest absolute Gasteiger partial charge is 0.400 e. The van der Waals surface area contributed by atoms with Crippen molar-refractivity contribution >= 4 is 16.9 Å². The number of rotatable bonds is 6. The minimum Gasteiger partial charge on any atom is -0.400 e. The zero-order valence-corrected chi connectivity index (χ0v) is 14.1. The summed E-state index contributed by atoms with van der Waals surface area (Å²) < 4.78 is 4.37. The van der Waals surface area contributed by atoms with Crippen LogP contribution in [0.1, 0.15) is 33.1 Å². The summed E-state index contributed by atoms with van der Waals surface area (Å²) in [7, 11) is 2.61. The van der Waals surface area contributed by atoms with Crippen molar-refractivity contribution < 1.29 is 9.90 Å².